The zero-order chi connectivity index (χ0) is 18.5. The number of rotatable bonds is 4. The van der Waals surface area contributed by atoms with E-state index in [0.29, 0.717) is 44.4 Å². The minimum absolute atomic E-state index is 0. The normalized spacial score (nSPS) is 19.3. The summed E-state index contributed by atoms with van der Waals surface area (Å²) >= 11 is 0. The lowest BCUT2D eigenvalue weighted by molar-refractivity contribution is -0.134. The second-order valence-electron chi connectivity index (χ2n) is 7.81. The number of piperazine rings is 1. The number of hydrogen-bond donors (Lipinski definition) is 1. The molecule has 5 nitrogen and oxygen atoms in total. The van der Waals surface area contributed by atoms with Gasteiger partial charge < -0.3 is 15.1 Å². The van der Waals surface area contributed by atoms with Crippen LogP contribution in [0.1, 0.15) is 42.1 Å². The molecule has 0 aliphatic carbocycles. The largest absolute Gasteiger partial charge is 0.339 e. The van der Waals surface area contributed by atoms with E-state index in [4.69, 9.17) is 0 Å². The van der Waals surface area contributed by atoms with Gasteiger partial charge in [0.1, 0.15) is 0 Å². The highest BCUT2D eigenvalue weighted by Crippen LogP contribution is 2.25. The molecule has 0 spiro atoms. The second-order valence-corrected chi connectivity index (χ2v) is 7.81. The molecule has 1 aromatic rings. The summed E-state index contributed by atoms with van der Waals surface area (Å²) in [6.07, 6.45) is 2.98. The van der Waals surface area contributed by atoms with Gasteiger partial charge in [-0.3, -0.25) is 9.59 Å². The van der Waals surface area contributed by atoms with Crippen molar-refractivity contribution in [2.24, 2.45) is 11.8 Å². The monoisotopic (exact) mass is 393 g/mol. The van der Waals surface area contributed by atoms with Crippen molar-refractivity contribution < 1.29 is 9.59 Å². The van der Waals surface area contributed by atoms with Crippen molar-refractivity contribution in [3.63, 3.8) is 0 Å². The Labute approximate surface area is 168 Å². The number of carbonyl (C=O) groups excluding carboxylic acids is 2. The van der Waals surface area contributed by atoms with Crippen molar-refractivity contribution in [3.8, 4) is 0 Å². The third kappa shape index (κ3) is 5.69. The molecule has 2 fully saturated rings. The second kappa shape index (κ2) is 10.1. The van der Waals surface area contributed by atoms with Crippen LogP contribution in [0, 0.1) is 18.8 Å². The van der Waals surface area contributed by atoms with Crippen LogP contribution in [0.15, 0.2) is 24.3 Å². The Morgan fingerprint density at radius 3 is 2.19 bits per heavy atom. The number of carbonyl (C=O) groups is 2. The van der Waals surface area contributed by atoms with Crippen LogP contribution in [0.25, 0.3) is 0 Å². The average Bonchev–Trinajstić information content (AvgIpc) is 2.69. The van der Waals surface area contributed by atoms with Gasteiger partial charge in [0.15, 0.2) is 0 Å². The smallest absolute Gasteiger partial charge is 0.253 e. The zero-order valence-electron chi connectivity index (χ0n) is 16.4. The van der Waals surface area contributed by atoms with Gasteiger partial charge in [-0.05, 0) is 56.8 Å². The fourth-order valence-electron chi connectivity index (χ4n) is 4.02. The summed E-state index contributed by atoms with van der Waals surface area (Å²) in [7, 11) is 0. The molecule has 2 heterocycles. The van der Waals surface area contributed by atoms with Crippen molar-refractivity contribution >= 4 is 24.2 Å². The van der Waals surface area contributed by atoms with Gasteiger partial charge in [-0.15, -0.1) is 12.4 Å². The first kappa shape index (κ1) is 21.7. The highest BCUT2D eigenvalue weighted by atomic mass is 35.5. The summed E-state index contributed by atoms with van der Waals surface area (Å²) in [4.78, 5) is 29.0. The van der Waals surface area contributed by atoms with Crippen LogP contribution in [0.2, 0.25) is 0 Å². The van der Waals surface area contributed by atoms with Crippen molar-refractivity contribution in [2.75, 3.05) is 39.3 Å². The van der Waals surface area contributed by atoms with Gasteiger partial charge >= 0.3 is 0 Å². The summed E-state index contributed by atoms with van der Waals surface area (Å²) < 4.78 is 0. The summed E-state index contributed by atoms with van der Waals surface area (Å²) in [6.45, 7) is 8.92. The first-order valence-electron chi connectivity index (χ1n) is 9.89. The number of nitrogens with one attached hydrogen (secondary N) is 1. The van der Waals surface area contributed by atoms with E-state index in [1.54, 1.807) is 0 Å². The molecular weight excluding hydrogens is 362 g/mol. The first-order valence-corrected chi connectivity index (χ1v) is 9.89. The van der Waals surface area contributed by atoms with Crippen LogP contribution in [-0.4, -0.2) is 60.9 Å². The van der Waals surface area contributed by atoms with Gasteiger partial charge in [-0.25, -0.2) is 0 Å². The van der Waals surface area contributed by atoms with E-state index in [1.165, 1.54) is 12.8 Å². The Morgan fingerprint density at radius 2 is 1.59 bits per heavy atom. The van der Waals surface area contributed by atoms with Gasteiger partial charge in [0.05, 0.1) is 0 Å². The predicted octanol–water partition coefficient (Wildman–Crippen LogP) is 2.73. The molecule has 1 atom stereocenters. The van der Waals surface area contributed by atoms with Gasteiger partial charge in [0.25, 0.3) is 5.91 Å². The molecule has 1 unspecified atom stereocenters. The number of nitrogens with zero attached hydrogens (tertiary/aromatic N) is 2. The Morgan fingerprint density at radius 1 is 1.04 bits per heavy atom. The highest BCUT2D eigenvalue weighted by Gasteiger charge is 2.28. The minimum Gasteiger partial charge on any atom is -0.339 e. The Kier molecular flexibility index (Phi) is 8.11. The van der Waals surface area contributed by atoms with Crippen LogP contribution >= 0.6 is 12.4 Å². The Balaban J connectivity index is 0.00000261. The van der Waals surface area contributed by atoms with E-state index in [-0.39, 0.29) is 24.2 Å². The lowest BCUT2D eigenvalue weighted by Crippen LogP contribution is -2.51. The molecule has 3 rings (SSSR count). The van der Waals surface area contributed by atoms with Crippen LogP contribution in [0.5, 0.6) is 0 Å². The predicted molar refractivity (Wildman–Crippen MR) is 110 cm³/mol. The van der Waals surface area contributed by atoms with E-state index in [9.17, 15) is 9.59 Å². The summed E-state index contributed by atoms with van der Waals surface area (Å²) in [5.41, 5.74) is 1.88. The number of amides is 2. The topological polar surface area (TPSA) is 52.7 Å². The average molecular weight is 394 g/mol. The van der Waals surface area contributed by atoms with Gasteiger partial charge in [-0.2, -0.15) is 0 Å². The van der Waals surface area contributed by atoms with Crippen LogP contribution < -0.4 is 5.32 Å². The SMILES string of the molecule is Cc1ccc(C(=O)N2CCN(C(=O)CC(C)C3CCNCC3)CC2)cc1.Cl. The van der Waals surface area contributed by atoms with Crippen molar-refractivity contribution in [1.29, 1.82) is 0 Å². The summed E-state index contributed by atoms with van der Waals surface area (Å²) in [5, 5.41) is 3.39. The van der Waals surface area contributed by atoms with Crippen LogP contribution in [0.4, 0.5) is 0 Å². The van der Waals surface area contributed by atoms with E-state index in [0.717, 1.165) is 24.2 Å². The van der Waals surface area contributed by atoms with E-state index in [1.807, 2.05) is 41.0 Å². The fraction of sp³-hybridized carbons (Fsp3) is 0.619. The lowest BCUT2D eigenvalue weighted by Gasteiger charge is -2.36. The third-order valence-electron chi connectivity index (χ3n) is 5.90. The van der Waals surface area contributed by atoms with Crippen molar-refractivity contribution in [1.82, 2.24) is 15.1 Å². The molecule has 2 amide bonds. The fourth-order valence-corrected chi connectivity index (χ4v) is 4.02. The molecule has 2 aliphatic rings. The number of hydrogen-bond acceptors (Lipinski definition) is 3. The number of aryl methyl sites for hydroxylation is 1. The molecule has 0 aromatic heterocycles. The van der Waals surface area contributed by atoms with Crippen LogP contribution in [-0.2, 0) is 4.79 Å². The van der Waals surface area contributed by atoms with Crippen LogP contribution in [0.3, 0.4) is 0 Å². The third-order valence-corrected chi connectivity index (χ3v) is 5.90. The van der Waals surface area contributed by atoms with Crippen molar-refractivity contribution in [2.45, 2.75) is 33.1 Å². The Hall–Kier alpha value is -1.59. The molecule has 2 aliphatic heterocycles. The van der Waals surface area contributed by atoms with Gasteiger partial charge in [-0.1, -0.05) is 24.6 Å². The quantitative estimate of drug-likeness (QED) is 0.855. The van der Waals surface area contributed by atoms with Gasteiger partial charge in [0, 0.05) is 38.2 Å². The zero-order valence-corrected chi connectivity index (χ0v) is 17.3. The molecular formula is C21H32ClN3O2. The Bertz CT molecular complexity index is 621. The molecule has 6 heteroatoms. The number of piperidine rings is 1. The molecule has 0 saturated carbocycles. The molecule has 1 N–H and O–H groups in total. The van der Waals surface area contributed by atoms with E-state index in [2.05, 4.69) is 12.2 Å². The molecule has 150 valence electrons. The molecule has 27 heavy (non-hydrogen) atoms. The van der Waals surface area contributed by atoms with E-state index >= 15 is 0 Å². The molecule has 0 radical (unpaired) electrons. The molecule has 0 bridgehead atoms. The number of benzene rings is 1. The van der Waals surface area contributed by atoms with Gasteiger partial charge in [0.2, 0.25) is 5.91 Å². The standard InChI is InChI=1S/C21H31N3O2.ClH/c1-16-3-5-19(6-4-16)21(26)24-13-11-23(12-14-24)20(25)15-17(2)18-7-9-22-10-8-18;/h3-6,17-18,22H,7-15H2,1-2H3;1H. The molecule has 1 aromatic carbocycles. The maximum absolute atomic E-state index is 12.6. The lowest BCUT2D eigenvalue weighted by atomic mass is 9.84. The first-order chi connectivity index (χ1) is 12.5. The molecule has 2 saturated heterocycles. The maximum atomic E-state index is 12.6. The van der Waals surface area contributed by atoms with Crippen molar-refractivity contribution in [3.05, 3.63) is 35.4 Å². The maximum Gasteiger partial charge on any atom is 0.253 e. The summed E-state index contributed by atoms with van der Waals surface area (Å²) in [6, 6.07) is 7.70. The minimum atomic E-state index is 0. The number of halogens is 1. The van der Waals surface area contributed by atoms with E-state index < -0.39 is 0 Å². The highest BCUT2D eigenvalue weighted by molar-refractivity contribution is 5.94. The summed E-state index contributed by atoms with van der Waals surface area (Å²) in [5.74, 6) is 1.42.